The van der Waals surface area contributed by atoms with Gasteiger partial charge in [0.2, 0.25) is 5.95 Å². The molecule has 0 bridgehead atoms. The van der Waals surface area contributed by atoms with Crippen molar-refractivity contribution in [2.24, 2.45) is 0 Å². The van der Waals surface area contributed by atoms with Crippen molar-refractivity contribution in [3.05, 3.63) is 42.1 Å². The number of hydrogen-bond acceptors (Lipinski definition) is 4. The maximum absolute atomic E-state index is 4.69. The quantitative estimate of drug-likeness (QED) is 0.926. The van der Waals surface area contributed by atoms with Crippen LogP contribution >= 0.6 is 0 Å². The molecule has 21 heavy (non-hydrogen) atoms. The molecular formula is C17H22N4. The third-order valence-corrected chi connectivity index (χ3v) is 3.94. The average molecular weight is 282 g/mol. The fourth-order valence-electron chi connectivity index (χ4n) is 2.84. The van der Waals surface area contributed by atoms with Crippen molar-refractivity contribution in [3.8, 4) is 0 Å². The van der Waals surface area contributed by atoms with Crippen molar-refractivity contribution in [3.63, 3.8) is 0 Å². The van der Waals surface area contributed by atoms with E-state index in [1.807, 2.05) is 12.3 Å². The SMILES string of the molecule is CCCNc1nccc(N2c3ccccc3CCC2C)n1. The number of para-hydroxylation sites is 1. The van der Waals surface area contributed by atoms with Gasteiger partial charge in [-0.2, -0.15) is 4.98 Å². The Morgan fingerprint density at radius 3 is 3.00 bits per heavy atom. The highest BCUT2D eigenvalue weighted by Crippen LogP contribution is 2.35. The summed E-state index contributed by atoms with van der Waals surface area (Å²) in [6.07, 6.45) is 5.19. The van der Waals surface area contributed by atoms with E-state index < -0.39 is 0 Å². The van der Waals surface area contributed by atoms with Crippen molar-refractivity contribution in [2.45, 2.75) is 39.2 Å². The summed E-state index contributed by atoms with van der Waals surface area (Å²) in [7, 11) is 0. The van der Waals surface area contributed by atoms with E-state index in [1.165, 1.54) is 11.3 Å². The number of nitrogens with one attached hydrogen (secondary N) is 1. The molecule has 1 aliphatic rings. The standard InChI is InChI=1S/C17H22N4/c1-3-11-18-17-19-12-10-16(20-17)21-13(2)8-9-14-6-4-5-7-15(14)21/h4-7,10,12-13H,3,8-9,11H2,1-2H3,(H,18,19,20). The summed E-state index contributed by atoms with van der Waals surface area (Å²) in [5, 5.41) is 3.26. The number of anilines is 3. The fourth-order valence-corrected chi connectivity index (χ4v) is 2.84. The third kappa shape index (κ3) is 2.84. The van der Waals surface area contributed by atoms with Crippen molar-refractivity contribution < 1.29 is 0 Å². The van der Waals surface area contributed by atoms with Crippen LogP contribution in [0.25, 0.3) is 0 Å². The molecule has 2 heterocycles. The Kier molecular flexibility index (Phi) is 4.04. The van der Waals surface area contributed by atoms with Crippen LogP contribution in [0.2, 0.25) is 0 Å². The lowest BCUT2D eigenvalue weighted by atomic mass is 9.97. The lowest BCUT2D eigenvalue weighted by Crippen LogP contribution is -2.33. The van der Waals surface area contributed by atoms with E-state index in [0.717, 1.165) is 31.6 Å². The molecule has 110 valence electrons. The van der Waals surface area contributed by atoms with Gasteiger partial charge in [-0.15, -0.1) is 0 Å². The molecule has 1 aromatic heterocycles. The zero-order valence-corrected chi connectivity index (χ0v) is 12.7. The first-order valence-corrected chi connectivity index (χ1v) is 7.73. The smallest absolute Gasteiger partial charge is 0.224 e. The van der Waals surface area contributed by atoms with E-state index in [-0.39, 0.29) is 0 Å². The van der Waals surface area contributed by atoms with Gasteiger partial charge in [-0.05, 0) is 43.9 Å². The molecule has 0 fully saturated rings. The number of aromatic nitrogens is 2. The number of benzene rings is 1. The van der Waals surface area contributed by atoms with Crippen molar-refractivity contribution >= 4 is 17.5 Å². The Morgan fingerprint density at radius 2 is 2.14 bits per heavy atom. The summed E-state index contributed by atoms with van der Waals surface area (Å²) in [5.41, 5.74) is 2.67. The van der Waals surface area contributed by atoms with Crippen LogP contribution in [0.1, 0.15) is 32.3 Å². The van der Waals surface area contributed by atoms with Gasteiger partial charge < -0.3 is 10.2 Å². The first-order chi connectivity index (χ1) is 10.3. The number of hydrogen-bond donors (Lipinski definition) is 1. The number of rotatable bonds is 4. The van der Waals surface area contributed by atoms with Crippen molar-refractivity contribution in [2.75, 3.05) is 16.8 Å². The van der Waals surface area contributed by atoms with Crippen LogP contribution in [0.15, 0.2) is 36.5 Å². The molecule has 0 spiro atoms. The monoisotopic (exact) mass is 282 g/mol. The summed E-state index contributed by atoms with van der Waals surface area (Å²) < 4.78 is 0. The first-order valence-electron chi connectivity index (χ1n) is 7.73. The molecular weight excluding hydrogens is 260 g/mol. The van der Waals surface area contributed by atoms with E-state index >= 15 is 0 Å². The minimum absolute atomic E-state index is 0.453. The summed E-state index contributed by atoms with van der Waals surface area (Å²) in [6, 6.07) is 11.1. The van der Waals surface area contributed by atoms with Crippen LogP contribution in [-0.2, 0) is 6.42 Å². The predicted molar refractivity (Wildman–Crippen MR) is 87.2 cm³/mol. The van der Waals surface area contributed by atoms with Crippen LogP contribution in [-0.4, -0.2) is 22.6 Å². The number of fused-ring (bicyclic) bond motifs is 1. The van der Waals surface area contributed by atoms with Crippen LogP contribution in [0.4, 0.5) is 17.5 Å². The van der Waals surface area contributed by atoms with Crippen molar-refractivity contribution in [1.29, 1.82) is 0 Å². The van der Waals surface area contributed by atoms with Crippen molar-refractivity contribution in [1.82, 2.24) is 9.97 Å². The van der Waals surface area contributed by atoms with Gasteiger partial charge in [0.25, 0.3) is 0 Å². The summed E-state index contributed by atoms with van der Waals surface area (Å²) in [5.74, 6) is 1.69. The molecule has 1 atom stereocenters. The van der Waals surface area contributed by atoms with E-state index in [9.17, 15) is 0 Å². The summed E-state index contributed by atoms with van der Waals surface area (Å²) in [6.45, 7) is 5.30. The van der Waals surface area contributed by atoms with Gasteiger partial charge in [0, 0.05) is 24.5 Å². The number of nitrogens with zero attached hydrogens (tertiary/aromatic N) is 3. The Hall–Kier alpha value is -2.10. The normalized spacial score (nSPS) is 17.4. The molecule has 0 saturated carbocycles. The third-order valence-electron chi connectivity index (χ3n) is 3.94. The van der Waals surface area contributed by atoms with Gasteiger partial charge in [-0.1, -0.05) is 25.1 Å². The molecule has 0 amide bonds. The molecule has 4 nitrogen and oxygen atoms in total. The van der Waals surface area contributed by atoms with Gasteiger partial charge in [0.05, 0.1) is 0 Å². The summed E-state index contributed by atoms with van der Waals surface area (Å²) in [4.78, 5) is 11.3. The second kappa shape index (κ2) is 6.12. The minimum atomic E-state index is 0.453. The minimum Gasteiger partial charge on any atom is -0.354 e. The lowest BCUT2D eigenvalue weighted by Gasteiger charge is -2.36. The fraction of sp³-hybridized carbons (Fsp3) is 0.412. The van der Waals surface area contributed by atoms with E-state index in [0.29, 0.717) is 12.0 Å². The van der Waals surface area contributed by atoms with Crippen LogP contribution in [0.3, 0.4) is 0 Å². The number of aryl methyl sites for hydroxylation is 1. The maximum atomic E-state index is 4.69. The molecule has 1 unspecified atom stereocenters. The van der Waals surface area contributed by atoms with Gasteiger partial charge in [0.15, 0.2) is 0 Å². The Bertz CT molecular complexity index is 611. The first kappa shape index (κ1) is 13.9. The van der Waals surface area contributed by atoms with Gasteiger partial charge in [0.1, 0.15) is 5.82 Å². The van der Waals surface area contributed by atoms with E-state index in [1.54, 1.807) is 0 Å². The lowest BCUT2D eigenvalue weighted by molar-refractivity contribution is 0.613. The summed E-state index contributed by atoms with van der Waals surface area (Å²) >= 11 is 0. The highest BCUT2D eigenvalue weighted by molar-refractivity contribution is 5.66. The maximum Gasteiger partial charge on any atom is 0.224 e. The van der Waals surface area contributed by atoms with Gasteiger partial charge >= 0.3 is 0 Å². The molecule has 1 aliphatic heterocycles. The van der Waals surface area contributed by atoms with Gasteiger partial charge in [-0.25, -0.2) is 4.98 Å². The molecule has 0 aliphatic carbocycles. The average Bonchev–Trinajstić information content (AvgIpc) is 2.53. The molecule has 1 N–H and O–H groups in total. The second-order valence-corrected chi connectivity index (χ2v) is 5.55. The zero-order valence-electron chi connectivity index (χ0n) is 12.7. The molecule has 4 heteroatoms. The Labute approximate surface area is 126 Å². The topological polar surface area (TPSA) is 41.1 Å². The van der Waals surface area contributed by atoms with Crippen LogP contribution < -0.4 is 10.2 Å². The van der Waals surface area contributed by atoms with Gasteiger partial charge in [-0.3, -0.25) is 0 Å². The molecule has 0 radical (unpaired) electrons. The van der Waals surface area contributed by atoms with E-state index in [4.69, 9.17) is 0 Å². The molecule has 0 saturated heterocycles. The Morgan fingerprint density at radius 1 is 1.29 bits per heavy atom. The zero-order chi connectivity index (χ0) is 14.7. The van der Waals surface area contributed by atoms with Crippen LogP contribution in [0, 0.1) is 0 Å². The molecule has 3 rings (SSSR count). The molecule has 1 aromatic carbocycles. The Balaban J connectivity index is 1.95. The highest BCUT2D eigenvalue weighted by Gasteiger charge is 2.25. The highest BCUT2D eigenvalue weighted by atomic mass is 15.3. The second-order valence-electron chi connectivity index (χ2n) is 5.55. The van der Waals surface area contributed by atoms with E-state index in [2.05, 4.69) is 58.3 Å². The largest absolute Gasteiger partial charge is 0.354 e. The predicted octanol–water partition coefficient (Wildman–Crippen LogP) is 3.77. The van der Waals surface area contributed by atoms with Crippen LogP contribution in [0.5, 0.6) is 0 Å². The molecule has 2 aromatic rings.